The van der Waals surface area contributed by atoms with E-state index in [0.29, 0.717) is 12.3 Å². The van der Waals surface area contributed by atoms with Crippen LogP contribution in [0.4, 0.5) is 36.3 Å². The van der Waals surface area contributed by atoms with Gasteiger partial charge in [0.1, 0.15) is 12.0 Å². The maximum Gasteiger partial charge on any atom is 0.417 e. The Bertz CT molecular complexity index is 1130. The Balaban J connectivity index is 1.85. The second-order valence-corrected chi connectivity index (χ2v) is 6.06. The molecular weight excluding hydrogens is 445 g/mol. The molecule has 11 nitrogen and oxygen atoms in total. The Morgan fingerprint density at radius 3 is 2.45 bits per heavy atom. The molecule has 15 heteroatoms. The molecule has 3 N–H and O–H groups in total. The Hall–Kier alpha value is -4.07. The number of carbonyl (C=O) groups excluding carboxylic acids is 1. The number of alkyl halides is 3. The molecule has 3 aromatic rings. The van der Waals surface area contributed by atoms with E-state index in [9.17, 15) is 28.1 Å². The summed E-state index contributed by atoms with van der Waals surface area (Å²) in [6.07, 6.45) is -1.86. The highest BCUT2D eigenvalue weighted by atomic mass is 35.5. The highest BCUT2D eigenvalue weighted by molar-refractivity contribution is 6.33. The van der Waals surface area contributed by atoms with E-state index in [4.69, 9.17) is 11.6 Å². The maximum absolute atomic E-state index is 12.7. The number of pyridine rings is 2. The number of hydrogen-bond donors (Lipinski definition) is 3. The minimum atomic E-state index is -4.67. The van der Waals surface area contributed by atoms with Crippen molar-refractivity contribution in [2.45, 2.75) is 6.18 Å². The normalized spacial score (nSPS) is 11.0. The molecule has 0 spiro atoms. The van der Waals surface area contributed by atoms with Crippen LogP contribution < -0.4 is 16.2 Å². The van der Waals surface area contributed by atoms with Crippen molar-refractivity contribution >= 4 is 40.6 Å². The van der Waals surface area contributed by atoms with Gasteiger partial charge in [-0.25, -0.2) is 15.0 Å². The first-order chi connectivity index (χ1) is 14.7. The largest absolute Gasteiger partial charge is 0.417 e. The zero-order valence-corrected chi connectivity index (χ0v) is 15.8. The molecular formula is C16H10ClF3N8O3. The van der Waals surface area contributed by atoms with Crippen molar-refractivity contribution in [2.75, 3.05) is 10.7 Å². The summed E-state index contributed by atoms with van der Waals surface area (Å²) in [6, 6.07) is 5.18. The summed E-state index contributed by atoms with van der Waals surface area (Å²) in [6.45, 7) is 0. The first-order valence-electron chi connectivity index (χ1n) is 8.13. The Labute approximate surface area is 175 Å². The number of nitrogens with one attached hydrogen (secondary N) is 3. The number of amides is 1. The van der Waals surface area contributed by atoms with Gasteiger partial charge in [0.15, 0.2) is 5.82 Å². The summed E-state index contributed by atoms with van der Waals surface area (Å²) in [7, 11) is 0. The third kappa shape index (κ3) is 5.11. The minimum absolute atomic E-state index is 0.0331. The predicted octanol–water partition coefficient (Wildman–Crippen LogP) is 3.35. The van der Waals surface area contributed by atoms with E-state index in [1.807, 2.05) is 0 Å². The average Bonchev–Trinajstić information content (AvgIpc) is 2.73. The lowest BCUT2D eigenvalue weighted by atomic mass is 10.2. The van der Waals surface area contributed by atoms with E-state index in [-0.39, 0.29) is 11.5 Å². The molecule has 0 aromatic carbocycles. The third-order valence-electron chi connectivity index (χ3n) is 3.60. The summed E-state index contributed by atoms with van der Waals surface area (Å²) >= 11 is 5.81. The number of nitro groups is 1. The number of hydrogen-bond acceptors (Lipinski definition) is 9. The standard InChI is InChI=1S/C16H10ClF3N8O3/c17-9-5-8(16(18,19)20)6-22-12(9)25-13-11(28(30)31)14(24-7-23-13)26-27-15(29)10-3-1-2-4-21-10/h1-7H,(H,27,29)(H2,22,23,24,25,26). The first-order valence-corrected chi connectivity index (χ1v) is 8.51. The summed E-state index contributed by atoms with van der Waals surface area (Å²) in [5.41, 5.74) is 2.70. The lowest BCUT2D eigenvalue weighted by Gasteiger charge is -2.12. The number of rotatable bonds is 6. The molecule has 0 aliphatic rings. The second kappa shape index (κ2) is 8.74. The number of anilines is 3. The van der Waals surface area contributed by atoms with Crippen molar-refractivity contribution in [3.63, 3.8) is 0 Å². The van der Waals surface area contributed by atoms with Gasteiger partial charge in [0.05, 0.1) is 15.5 Å². The van der Waals surface area contributed by atoms with Crippen LogP contribution in [0.25, 0.3) is 0 Å². The Kier molecular flexibility index (Phi) is 6.10. The third-order valence-corrected chi connectivity index (χ3v) is 3.89. The number of halogens is 4. The number of aromatic nitrogens is 4. The molecule has 0 bridgehead atoms. The molecule has 3 rings (SSSR count). The fourth-order valence-electron chi connectivity index (χ4n) is 2.21. The fourth-order valence-corrected chi connectivity index (χ4v) is 2.42. The van der Waals surface area contributed by atoms with Crippen molar-refractivity contribution in [2.24, 2.45) is 0 Å². The van der Waals surface area contributed by atoms with E-state index >= 15 is 0 Å². The highest BCUT2D eigenvalue weighted by Gasteiger charge is 2.32. The van der Waals surface area contributed by atoms with Crippen LogP contribution in [0.15, 0.2) is 43.0 Å². The van der Waals surface area contributed by atoms with E-state index in [2.05, 4.69) is 36.1 Å². The molecule has 0 aliphatic carbocycles. The predicted molar refractivity (Wildman–Crippen MR) is 102 cm³/mol. The van der Waals surface area contributed by atoms with Gasteiger partial charge in [-0.2, -0.15) is 13.2 Å². The smallest absolute Gasteiger partial charge is 0.318 e. The summed E-state index contributed by atoms with van der Waals surface area (Å²) < 4.78 is 38.2. The van der Waals surface area contributed by atoms with Gasteiger partial charge in [0.2, 0.25) is 11.6 Å². The average molecular weight is 455 g/mol. The summed E-state index contributed by atoms with van der Waals surface area (Å²) in [5.74, 6) is -1.84. The van der Waals surface area contributed by atoms with Crippen LogP contribution in [0.1, 0.15) is 16.1 Å². The maximum atomic E-state index is 12.7. The van der Waals surface area contributed by atoms with Crippen LogP contribution in [-0.4, -0.2) is 30.8 Å². The zero-order valence-electron chi connectivity index (χ0n) is 15.0. The molecule has 1 amide bonds. The van der Waals surface area contributed by atoms with Crippen LogP contribution in [0.3, 0.4) is 0 Å². The Morgan fingerprint density at radius 2 is 1.84 bits per heavy atom. The van der Waals surface area contributed by atoms with E-state index in [0.717, 1.165) is 6.33 Å². The van der Waals surface area contributed by atoms with Crippen LogP contribution in [0, 0.1) is 10.1 Å². The van der Waals surface area contributed by atoms with Crippen molar-refractivity contribution in [1.29, 1.82) is 0 Å². The van der Waals surface area contributed by atoms with Crippen LogP contribution in [0.5, 0.6) is 0 Å². The highest BCUT2D eigenvalue weighted by Crippen LogP contribution is 2.35. The van der Waals surface area contributed by atoms with Gasteiger partial charge >= 0.3 is 11.9 Å². The molecule has 3 aromatic heterocycles. The molecule has 0 atom stereocenters. The monoisotopic (exact) mass is 454 g/mol. The molecule has 31 heavy (non-hydrogen) atoms. The first kappa shape index (κ1) is 21.6. The lowest BCUT2D eigenvalue weighted by molar-refractivity contribution is -0.383. The van der Waals surface area contributed by atoms with Crippen molar-refractivity contribution in [3.8, 4) is 0 Å². The van der Waals surface area contributed by atoms with Crippen LogP contribution >= 0.6 is 11.6 Å². The van der Waals surface area contributed by atoms with Gasteiger partial charge in [-0.3, -0.25) is 30.7 Å². The topological polar surface area (TPSA) is 148 Å². The van der Waals surface area contributed by atoms with Gasteiger partial charge in [-0.1, -0.05) is 17.7 Å². The van der Waals surface area contributed by atoms with Crippen LogP contribution in [-0.2, 0) is 6.18 Å². The lowest BCUT2D eigenvalue weighted by Crippen LogP contribution is -2.31. The van der Waals surface area contributed by atoms with Crippen LogP contribution in [0.2, 0.25) is 5.02 Å². The Morgan fingerprint density at radius 1 is 1.10 bits per heavy atom. The van der Waals surface area contributed by atoms with Crippen molar-refractivity contribution < 1.29 is 22.9 Å². The summed E-state index contributed by atoms with van der Waals surface area (Å²) in [4.78, 5) is 37.5. The van der Waals surface area contributed by atoms with E-state index < -0.39 is 44.9 Å². The molecule has 3 heterocycles. The van der Waals surface area contributed by atoms with Gasteiger partial charge in [-0.15, -0.1) is 0 Å². The minimum Gasteiger partial charge on any atom is -0.318 e. The van der Waals surface area contributed by atoms with Gasteiger partial charge in [0, 0.05) is 12.4 Å². The number of hydrazine groups is 1. The zero-order chi connectivity index (χ0) is 22.6. The summed E-state index contributed by atoms with van der Waals surface area (Å²) in [5, 5.41) is 13.5. The number of nitrogens with zero attached hydrogens (tertiary/aromatic N) is 5. The van der Waals surface area contributed by atoms with Crippen molar-refractivity contribution in [1.82, 2.24) is 25.4 Å². The molecule has 0 fully saturated rings. The molecule has 0 saturated carbocycles. The van der Waals surface area contributed by atoms with Crippen molar-refractivity contribution in [3.05, 3.63) is 69.4 Å². The molecule has 0 unspecified atom stereocenters. The SMILES string of the molecule is O=C(NNc1ncnc(Nc2ncc(C(F)(F)F)cc2Cl)c1[N+](=O)[O-])c1ccccn1. The number of carbonyl (C=O) groups is 1. The molecule has 0 aliphatic heterocycles. The van der Waals surface area contributed by atoms with E-state index in [1.165, 1.54) is 12.3 Å². The van der Waals surface area contributed by atoms with Gasteiger partial charge < -0.3 is 5.32 Å². The second-order valence-electron chi connectivity index (χ2n) is 5.65. The fraction of sp³-hybridized carbons (Fsp3) is 0.0625. The quantitative estimate of drug-likeness (QED) is 0.376. The molecule has 0 radical (unpaired) electrons. The van der Waals surface area contributed by atoms with Gasteiger partial charge in [-0.05, 0) is 18.2 Å². The van der Waals surface area contributed by atoms with Gasteiger partial charge in [0.25, 0.3) is 5.91 Å². The molecule has 0 saturated heterocycles. The molecule has 160 valence electrons. The van der Waals surface area contributed by atoms with E-state index in [1.54, 1.807) is 12.1 Å².